The van der Waals surface area contributed by atoms with E-state index in [0.29, 0.717) is 6.04 Å². The van der Waals surface area contributed by atoms with E-state index in [1.54, 1.807) is 12.7 Å². The summed E-state index contributed by atoms with van der Waals surface area (Å²) in [5.74, 6) is 1.67. The molecule has 2 heteroatoms. The van der Waals surface area contributed by atoms with Crippen LogP contribution in [0, 0.1) is 5.92 Å². The van der Waals surface area contributed by atoms with Gasteiger partial charge in [0.25, 0.3) is 0 Å². The molecule has 116 valence electrons. The highest BCUT2D eigenvalue weighted by Crippen LogP contribution is 2.26. The van der Waals surface area contributed by atoms with Gasteiger partial charge in [0.2, 0.25) is 0 Å². The van der Waals surface area contributed by atoms with E-state index in [1.165, 1.54) is 30.4 Å². The van der Waals surface area contributed by atoms with Crippen molar-refractivity contribution in [3.8, 4) is 5.75 Å². The van der Waals surface area contributed by atoms with E-state index in [4.69, 9.17) is 4.74 Å². The molecule has 2 unspecified atom stereocenters. The first kappa shape index (κ1) is 15.1. The summed E-state index contributed by atoms with van der Waals surface area (Å²) in [6.07, 6.45) is 3.71. The van der Waals surface area contributed by atoms with E-state index in [1.807, 2.05) is 6.07 Å². The van der Waals surface area contributed by atoms with Crippen molar-refractivity contribution >= 4 is 0 Å². The van der Waals surface area contributed by atoms with E-state index < -0.39 is 0 Å². The summed E-state index contributed by atoms with van der Waals surface area (Å²) in [7, 11) is 1.72. The molecule has 0 saturated heterocycles. The molecule has 0 aromatic heterocycles. The van der Waals surface area contributed by atoms with Crippen molar-refractivity contribution < 1.29 is 4.74 Å². The zero-order valence-corrected chi connectivity index (χ0v) is 13.5. The van der Waals surface area contributed by atoms with Gasteiger partial charge in [-0.15, -0.1) is 0 Å². The number of aryl methyl sites for hydroxylation is 1. The molecule has 2 nitrogen and oxygen atoms in total. The van der Waals surface area contributed by atoms with Crippen molar-refractivity contribution in [1.29, 1.82) is 0 Å². The topological polar surface area (TPSA) is 21.3 Å². The number of fused-ring (bicyclic) bond motifs is 1. The average molecular weight is 295 g/mol. The molecular formula is C20H25NO. The molecular weight excluding hydrogens is 270 g/mol. The molecule has 1 N–H and O–H groups in total. The van der Waals surface area contributed by atoms with Crippen LogP contribution in [0.1, 0.15) is 36.1 Å². The fourth-order valence-corrected chi connectivity index (χ4v) is 3.32. The predicted molar refractivity (Wildman–Crippen MR) is 91.4 cm³/mol. The first-order valence-electron chi connectivity index (χ1n) is 8.20. The lowest BCUT2D eigenvalue weighted by molar-refractivity contribution is 0.398. The molecule has 0 radical (unpaired) electrons. The van der Waals surface area contributed by atoms with Crippen LogP contribution < -0.4 is 10.1 Å². The van der Waals surface area contributed by atoms with Crippen LogP contribution in [-0.2, 0) is 12.8 Å². The van der Waals surface area contributed by atoms with Crippen LogP contribution in [0.4, 0.5) is 0 Å². The molecule has 0 saturated carbocycles. The van der Waals surface area contributed by atoms with Crippen LogP contribution >= 0.6 is 0 Å². The molecule has 22 heavy (non-hydrogen) atoms. The van der Waals surface area contributed by atoms with Crippen LogP contribution in [0.3, 0.4) is 0 Å². The number of methoxy groups -OCH3 is 1. The van der Waals surface area contributed by atoms with Crippen LogP contribution in [0.5, 0.6) is 5.75 Å². The maximum absolute atomic E-state index is 5.31. The number of ether oxygens (including phenoxy) is 1. The van der Waals surface area contributed by atoms with Crippen molar-refractivity contribution in [3.05, 3.63) is 65.2 Å². The lowest BCUT2D eigenvalue weighted by Crippen LogP contribution is -2.29. The highest BCUT2D eigenvalue weighted by atomic mass is 16.5. The van der Waals surface area contributed by atoms with E-state index in [2.05, 4.69) is 54.7 Å². The number of rotatable bonds is 5. The Bertz CT molecular complexity index is 623. The van der Waals surface area contributed by atoms with E-state index in [0.717, 1.165) is 18.2 Å². The molecule has 0 heterocycles. The molecule has 0 aliphatic heterocycles. The minimum absolute atomic E-state index is 0.354. The molecule has 2 aromatic rings. The standard InChI is InChI=1S/C20H25NO/c1-15(18-8-5-9-20(13-18)22-2)21-14-16-10-11-17-6-3-4-7-19(17)12-16/h3-9,13,15-16,21H,10-12,14H2,1-2H3. The summed E-state index contributed by atoms with van der Waals surface area (Å²) in [5.41, 5.74) is 4.37. The third kappa shape index (κ3) is 3.50. The van der Waals surface area contributed by atoms with Gasteiger partial charge in [0.15, 0.2) is 0 Å². The molecule has 2 aromatic carbocycles. The first-order valence-corrected chi connectivity index (χ1v) is 8.20. The predicted octanol–water partition coefficient (Wildman–Crippen LogP) is 4.15. The maximum Gasteiger partial charge on any atom is 0.119 e. The van der Waals surface area contributed by atoms with Crippen molar-refractivity contribution in [3.63, 3.8) is 0 Å². The van der Waals surface area contributed by atoms with Gasteiger partial charge in [0.1, 0.15) is 5.75 Å². The van der Waals surface area contributed by atoms with Gasteiger partial charge in [0.05, 0.1) is 7.11 Å². The summed E-state index contributed by atoms with van der Waals surface area (Å²) < 4.78 is 5.31. The molecule has 0 spiro atoms. The molecule has 1 aliphatic carbocycles. The van der Waals surface area contributed by atoms with Crippen molar-refractivity contribution in [2.24, 2.45) is 5.92 Å². The second kappa shape index (κ2) is 6.97. The highest BCUT2D eigenvalue weighted by Gasteiger charge is 2.18. The van der Waals surface area contributed by atoms with Gasteiger partial charge in [-0.1, -0.05) is 36.4 Å². The second-order valence-electron chi connectivity index (χ2n) is 6.28. The van der Waals surface area contributed by atoms with Crippen LogP contribution in [-0.4, -0.2) is 13.7 Å². The van der Waals surface area contributed by atoms with E-state index >= 15 is 0 Å². The van der Waals surface area contributed by atoms with Crippen molar-refractivity contribution in [2.45, 2.75) is 32.2 Å². The van der Waals surface area contributed by atoms with Crippen molar-refractivity contribution in [2.75, 3.05) is 13.7 Å². The number of hydrogen-bond acceptors (Lipinski definition) is 2. The third-order valence-corrected chi connectivity index (χ3v) is 4.76. The lowest BCUT2D eigenvalue weighted by atomic mass is 9.84. The van der Waals surface area contributed by atoms with E-state index in [-0.39, 0.29) is 0 Å². The zero-order chi connectivity index (χ0) is 15.4. The smallest absolute Gasteiger partial charge is 0.119 e. The Morgan fingerprint density at radius 1 is 1.14 bits per heavy atom. The van der Waals surface area contributed by atoms with Gasteiger partial charge < -0.3 is 10.1 Å². The molecule has 0 bridgehead atoms. The SMILES string of the molecule is COc1cccc(C(C)NCC2CCc3ccccc3C2)c1. The zero-order valence-electron chi connectivity index (χ0n) is 13.5. The average Bonchev–Trinajstić information content (AvgIpc) is 2.59. The van der Waals surface area contributed by atoms with Crippen LogP contribution in [0.15, 0.2) is 48.5 Å². The van der Waals surface area contributed by atoms with Crippen molar-refractivity contribution in [1.82, 2.24) is 5.32 Å². The lowest BCUT2D eigenvalue weighted by Gasteiger charge is -2.26. The van der Waals surface area contributed by atoms with Gasteiger partial charge in [0, 0.05) is 6.04 Å². The summed E-state index contributed by atoms with van der Waals surface area (Å²) in [6.45, 7) is 3.30. The van der Waals surface area contributed by atoms with Gasteiger partial charge in [-0.25, -0.2) is 0 Å². The number of benzene rings is 2. The largest absolute Gasteiger partial charge is 0.497 e. The Morgan fingerprint density at radius 3 is 2.77 bits per heavy atom. The Labute approximate surface area is 133 Å². The number of nitrogens with one attached hydrogen (secondary N) is 1. The molecule has 1 aliphatic rings. The fraction of sp³-hybridized carbons (Fsp3) is 0.400. The molecule has 3 rings (SSSR count). The second-order valence-corrected chi connectivity index (χ2v) is 6.28. The minimum atomic E-state index is 0.354. The summed E-state index contributed by atoms with van der Waals surface area (Å²) in [6, 6.07) is 17.6. The molecule has 0 amide bonds. The third-order valence-electron chi connectivity index (χ3n) is 4.76. The fourth-order valence-electron chi connectivity index (χ4n) is 3.32. The Kier molecular flexibility index (Phi) is 4.79. The quantitative estimate of drug-likeness (QED) is 0.894. The van der Waals surface area contributed by atoms with E-state index in [9.17, 15) is 0 Å². The number of hydrogen-bond donors (Lipinski definition) is 1. The van der Waals surface area contributed by atoms with Crippen LogP contribution in [0.2, 0.25) is 0 Å². The normalized spacial score (nSPS) is 18.5. The molecule has 2 atom stereocenters. The van der Waals surface area contributed by atoms with Gasteiger partial charge in [-0.05, 0) is 67.5 Å². The summed E-state index contributed by atoms with van der Waals surface area (Å²) in [4.78, 5) is 0. The Hall–Kier alpha value is -1.80. The van der Waals surface area contributed by atoms with Gasteiger partial charge >= 0.3 is 0 Å². The first-order chi connectivity index (χ1) is 10.8. The monoisotopic (exact) mass is 295 g/mol. The van der Waals surface area contributed by atoms with Crippen LogP contribution in [0.25, 0.3) is 0 Å². The van der Waals surface area contributed by atoms with Gasteiger partial charge in [-0.2, -0.15) is 0 Å². The minimum Gasteiger partial charge on any atom is -0.497 e. The Balaban J connectivity index is 1.56. The van der Waals surface area contributed by atoms with Gasteiger partial charge in [-0.3, -0.25) is 0 Å². The summed E-state index contributed by atoms with van der Waals surface area (Å²) >= 11 is 0. The summed E-state index contributed by atoms with van der Waals surface area (Å²) in [5, 5.41) is 3.70. The highest BCUT2D eigenvalue weighted by molar-refractivity contribution is 5.31. The Morgan fingerprint density at radius 2 is 1.95 bits per heavy atom. The maximum atomic E-state index is 5.31. The molecule has 0 fully saturated rings.